The van der Waals surface area contributed by atoms with Gasteiger partial charge in [0.25, 0.3) is 0 Å². The van der Waals surface area contributed by atoms with Gasteiger partial charge in [0.1, 0.15) is 0 Å². The van der Waals surface area contributed by atoms with Crippen LogP contribution in [0.5, 0.6) is 0 Å². The van der Waals surface area contributed by atoms with E-state index < -0.39 is 14.8 Å². The van der Waals surface area contributed by atoms with Gasteiger partial charge in [-0.25, -0.2) is 13.1 Å². The molecule has 0 bridgehead atoms. The lowest BCUT2D eigenvalue weighted by molar-refractivity contribution is -0.120. The average Bonchev–Trinajstić information content (AvgIpc) is 2.68. The van der Waals surface area contributed by atoms with Crippen molar-refractivity contribution in [2.24, 2.45) is 5.92 Å². The van der Waals surface area contributed by atoms with Gasteiger partial charge in [0.05, 0.1) is 18.0 Å². The van der Waals surface area contributed by atoms with Crippen molar-refractivity contribution in [3.8, 4) is 0 Å². The van der Waals surface area contributed by atoms with Gasteiger partial charge in [0.2, 0.25) is 15.9 Å². The predicted molar refractivity (Wildman–Crippen MR) is 116 cm³/mol. The van der Waals surface area contributed by atoms with Crippen molar-refractivity contribution in [2.45, 2.75) is 57.2 Å². The minimum atomic E-state index is -3.36. The molecule has 1 amide bonds. The van der Waals surface area contributed by atoms with Gasteiger partial charge in [0.15, 0.2) is 0 Å². The van der Waals surface area contributed by atoms with Gasteiger partial charge >= 0.3 is 0 Å². The molecule has 1 aromatic rings. The summed E-state index contributed by atoms with van der Waals surface area (Å²) in [4.78, 5) is 14.9. The summed E-state index contributed by atoms with van der Waals surface area (Å²) in [5.74, 6) is -0.0643. The van der Waals surface area contributed by atoms with E-state index in [-0.39, 0.29) is 17.9 Å². The fourth-order valence-electron chi connectivity index (χ4n) is 3.69. The highest BCUT2D eigenvalue weighted by Gasteiger charge is 2.34. The van der Waals surface area contributed by atoms with E-state index in [0.29, 0.717) is 25.7 Å². The Balaban J connectivity index is 1.48. The Labute approximate surface area is 174 Å². The Morgan fingerprint density at radius 3 is 2.17 bits per heavy atom. The number of carbonyl (C=O) groups is 1. The van der Waals surface area contributed by atoms with E-state index in [0.717, 1.165) is 37.7 Å². The number of amides is 1. The van der Waals surface area contributed by atoms with Crippen LogP contribution in [-0.4, -0.2) is 51.4 Å². The number of morpholine rings is 1. The highest BCUT2D eigenvalue weighted by molar-refractivity contribution is 7.90. The smallest absolute Gasteiger partial charge is 0.227 e. The summed E-state index contributed by atoms with van der Waals surface area (Å²) >= 11 is 0. The molecule has 0 radical (unpaired) electrons. The Morgan fingerprint density at radius 1 is 1.03 bits per heavy atom. The molecular formula is C21H33N3O4S. The van der Waals surface area contributed by atoms with Crippen LogP contribution in [0.4, 0.5) is 11.4 Å². The molecule has 2 fully saturated rings. The third-order valence-electron chi connectivity index (χ3n) is 5.74. The Hall–Kier alpha value is -1.64. The van der Waals surface area contributed by atoms with Gasteiger partial charge < -0.3 is 15.0 Å². The second kappa shape index (κ2) is 9.02. The van der Waals surface area contributed by atoms with E-state index in [1.54, 1.807) is 20.8 Å². The van der Waals surface area contributed by atoms with E-state index in [1.807, 2.05) is 24.3 Å². The first kappa shape index (κ1) is 22.1. The number of nitrogens with zero attached hydrogens (tertiary/aromatic N) is 1. The lowest BCUT2D eigenvalue weighted by Crippen LogP contribution is -2.46. The molecule has 1 aromatic carbocycles. The molecule has 3 rings (SSSR count). The second-order valence-corrected chi connectivity index (χ2v) is 11.4. The van der Waals surface area contributed by atoms with Crippen molar-refractivity contribution in [3.63, 3.8) is 0 Å². The molecule has 0 spiro atoms. The summed E-state index contributed by atoms with van der Waals surface area (Å²) < 4.78 is 32.0. The Kier molecular flexibility index (Phi) is 6.86. The molecule has 29 heavy (non-hydrogen) atoms. The van der Waals surface area contributed by atoms with Crippen molar-refractivity contribution in [3.05, 3.63) is 24.3 Å². The van der Waals surface area contributed by atoms with Crippen molar-refractivity contribution in [1.29, 1.82) is 0 Å². The largest absolute Gasteiger partial charge is 0.378 e. The monoisotopic (exact) mass is 423 g/mol. The molecule has 2 N–H and O–H groups in total. The number of hydrogen-bond acceptors (Lipinski definition) is 5. The number of nitrogens with one attached hydrogen (secondary N) is 2. The van der Waals surface area contributed by atoms with Crippen LogP contribution in [0.15, 0.2) is 24.3 Å². The topological polar surface area (TPSA) is 87.7 Å². The SMILES string of the molecule is CC(C)(C)S(=O)(=O)N[C@H]1CC[C@@H](C(=O)Nc2ccc(N3CCOCC3)cc2)CC1. The molecule has 162 valence electrons. The van der Waals surface area contributed by atoms with Crippen LogP contribution in [-0.2, 0) is 19.6 Å². The Bertz CT molecular complexity index is 788. The molecule has 0 unspecified atom stereocenters. The van der Waals surface area contributed by atoms with E-state index >= 15 is 0 Å². The summed E-state index contributed by atoms with van der Waals surface area (Å²) in [7, 11) is -3.36. The molecule has 7 nitrogen and oxygen atoms in total. The first-order chi connectivity index (χ1) is 13.7. The van der Waals surface area contributed by atoms with E-state index in [1.165, 1.54) is 0 Å². The van der Waals surface area contributed by atoms with Gasteiger partial charge in [0, 0.05) is 36.4 Å². The highest BCUT2D eigenvalue weighted by Crippen LogP contribution is 2.28. The van der Waals surface area contributed by atoms with Gasteiger partial charge in [-0.1, -0.05) is 0 Å². The first-order valence-corrected chi connectivity index (χ1v) is 11.9. The number of carbonyl (C=O) groups excluding carboxylic acids is 1. The van der Waals surface area contributed by atoms with Crippen LogP contribution in [0, 0.1) is 5.92 Å². The third kappa shape index (κ3) is 5.71. The minimum absolute atomic E-state index is 0.0150. The maximum atomic E-state index is 12.6. The van der Waals surface area contributed by atoms with Crippen LogP contribution in [0.1, 0.15) is 46.5 Å². The van der Waals surface area contributed by atoms with Gasteiger partial charge in [-0.15, -0.1) is 0 Å². The number of hydrogen-bond donors (Lipinski definition) is 2. The summed E-state index contributed by atoms with van der Waals surface area (Å²) in [6.45, 7) is 8.33. The van der Waals surface area contributed by atoms with Gasteiger partial charge in [-0.05, 0) is 70.7 Å². The standard InChI is InChI=1S/C21H33N3O4S/c1-21(2,3)29(26,27)23-18-6-4-16(5-7-18)20(25)22-17-8-10-19(11-9-17)24-12-14-28-15-13-24/h8-11,16,18,23H,4-7,12-15H2,1-3H3,(H,22,25)/t16-,18+. The maximum Gasteiger partial charge on any atom is 0.227 e. The van der Waals surface area contributed by atoms with Crippen molar-refractivity contribution in [1.82, 2.24) is 4.72 Å². The first-order valence-electron chi connectivity index (χ1n) is 10.4. The number of rotatable bonds is 5. The second-order valence-electron chi connectivity index (χ2n) is 8.92. The molecule has 1 aliphatic carbocycles. The molecule has 8 heteroatoms. The molecule has 1 heterocycles. The van der Waals surface area contributed by atoms with E-state index in [4.69, 9.17) is 4.74 Å². The van der Waals surface area contributed by atoms with Crippen molar-refractivity contribution < 1.29 is 17.9 Å². The van der Waals surface area contributed by atoms with Gasteiger partial charge in [-0.3, -0.25) is 4.79 Å². The van der Waals surface area contributed by atoms with Crippen LogP contribution < -0.4 is 14.9 Å². The number of anilines is 2. The molecule has 2 aliphatic rings. The van der Waals surface area contributed by atoms with Crippen LogP contribution >= 0.6 is 0 Å². The number of ether oxygens (including phenoxy) is 1. The summed E-state index contributed by atoms with van der Waals surface area (Å²) in [5.41, 5.74) is 1.93. The lowest BCUT2D eigenvalue weighted by atomic mass is 9.86. The fourth-order valence-corrected chi connectivity index (χ4v) is 4.72. The van der Waals surface area contributed by atoms with Crippen molar-refractivity contribution in [2.75, 3.05) is 36.5 Å². The minimum Gasteiger partial charge on any atom is -0.378 e. The molecular weight excluding hydrogens is 390 g/mol. The van der Waals surface area contributed by atoms with Crippen LogP contribution in [0.3, 0.4) is 0 Å². The van der Waals surface area contributed by atoms with E-state index in [2.05, 4.69) is 14.9 Å². The molecule has 0 aromatic heterocycles. The van der Waals surface area contributed by atoms with Crippen molar-refractivity contribution >= 4 is 27.3 Å². The zero-order valence-electron chi connectivity index (χ0n) is 17.6. The zero-order chi connectivity index (χ0) is 21.1. The lowest BCUT2D eigenvalue weighted by Gasteiger charge is -2.31. The van der Waals surface area contributed by atoms with Crippen LogP contribution in [0.25, 0.3) is 0 Å². The van der Waals surface area contributed by atoms with Gasteiger partial charge in [-0.2, -0.15) is 0 Å². The number of benzene rings is 1. The summed E-state index contributed by atoms with van der Waals surface area (Å²) in [6, 6.07) is 7.84. The molecule has 1 saturated carbocycles. The normalized spacial score (nSPS) is 23.6. The highest BCUT2D eigenvalue weighted by atomic mass is 32.2. The maximum absolute atomic E-state index is 12.6. The summed E-state index contributed by atoms with van der Waals surface area (Å²) in [5, 5.41) is 3.01. The fraction of sp³-hybridized carbons (Fsp3) is 0.667. The predicted octanol–water partition coefficient (Wildman–Crippen LogP) is 2.74. The van der Waals surface area contributed by atoms with E-state index in [9.17, 15) is 13.2 Å². The third-order valence-corrected chi connectivity index (χ3v) is 7.99. The van der Waals surface area contributed by atoms with Crippen LogP contribution in [0.2, 0.25) is 0 Å². The molecule has 0 atom stereocenters. The Morgan fingerprint density at radius 2 is 1.62 bits per heavy atom. The zero-order valence-corrected chi connectivity index (χ0v) is 18.4. The average molecular weight is 424 g/mol. The number of sulfonamides is 1. The summed E-state index contributed by atoms with van der Waals surface area (Å²) in [6.07, 6.45) is 2.75. The molecule has 1 aliphatic heterocycles. The quantitative estimate of drug-likeness (QED) is 0.760. The molecule has 1 saturated heterocycles.